The summed E-state index contributed by atoms with van der Waals surface area (Å²) in [7, 11) is -2.50. The number of aliphatic hydroxyl groups excluding tert-OH is 1. The second-order valence-electron chi connectivity index (χ2n) is 1.58. The minimum Gasteiger partial charge on any atom is -0.378 e. The molecule has 0 radical (unpaired) electrons. The highest BCUT2D eigenvalue weighted by Crippen LogP contribution is 2.14. The average molecular weight is 149 g/mol. The molecule has 0 rings (SSSR count). The summed E-state index contributed by atoms with van der Waals surface area (Å²) in [5, 5.41) is 16.5. The molecule has 0 aromatic rings. The van der Waals surface area contributed by atoms with Crippen LogP contribution in [-0.4, -0.2) is 22.3 Å². The summed E-state index contributed by atoms with van der Waals surface area (Å²) in [6.45, 7) is 0. The Balaban J connectivity index is 3.30. The molecule has 4 nitrogen and oxygen atoms in total. The van der Waals surface area contributed by atoms with E-state index in [-0.39, 0.29) is 12.6 Å². The Morgan fingerprint density at radius 3 is 2.67 bits per heavy atom. The van der Waals surface area contributed by atoms with Crippen LogP contribution in [0.15, 0.2) is 0 Å². The van der Waals surface area contributed by atoms with Crippen molar-refractivity contribution in [2.24, 2.45) is 0 Å². The molecule has 0 heterocycles. The smallest absolute Gasteiger partial charge is 0.189 e. The van der Waals surface area contributed by atoms with E-state index in [1.807, 2.05) is 0 Å². The molecular weight excluding hydrogens is 141 g/mol. The molecular formula is C4H8NO3P. The molecule has 0 aromatic heterocycles. The van der Waals surface area contributed by atoms with Crippen molar-refractivity contribution in [1.29, 1.82) is 5.26 Å². The van der Waals surface area contributed by atoms with E-state index in [2.05, 4.69) is 0 Å². The highest BCUT2D eigenvalue weighted by molar-refractivity contribution is 7.37. The monoisotopic (exact) mass is 149 g/mol. The van der Waals surface area contributed by atoms with Crippen LogP contribution in [0.5, 0.6) is 0 Å². The largest absolute Gasteiger partial charge is 0.378 e. The van der Waals surface area contributed by atoms with Crippen LogP contribution in [0.2, 0.25) is 0 Å². The predicted octanol–water partition coefficient (Wildman–Crippen LogP) is -0.272. The van der Waals surface area contributed by atoms with Crippen molar-refractivity contribution in [3.8, 4) is 6.07 Å². The molecule has 0 aromatic carbocycles. The third-order valence-electron chi connectivity index (χ3n) is 0.781. The second kappa shape index (κ2) is 4.51. The van der Waals surface area contributed by atoms with E-state index in [1.165, 1.54) is 0 Å². The van der Waals surface area contributed by atoms with Gasteiger partial charge in [-0.05, 0) is 6.42 Å². The van der Waals surface area contributed by atoms with Gasteiger partial charge in [-0.2, -0.15) is 5.26 Å². The first-order chi connectivity index (χ1) is 4.16. The summed E-state index contributed by atoms with van der Waals surface area (Å²) < 4.78 is 9.98. The van der Waals surface area contributed by atoms with Crippen LogP contribution in [0.3, 0.4) is 0 Å². The zero-order chi connectivity index (χ0) is 7.28. The van der Waals surface area contributed by atoms with Crippen LogP contribution in [0, 0.1) is 11.3 Å². The van der Waals surface area contributed by atoms with Gasteiger partial charge < -0.3 is 10.00 Å². The van der Waals surface area contributed by atoms with Gasteiger partial charge in [-0.25, -0.2) is 0 Å². The van der Waals surface area contributed by atoms with Gasteiger partial charge in [0.15, 0.2) is 8.03 Å². The van der Waals surface area contributed by atoms with Crippen molar-refractivity contribution >= 4 is 8.03 Å². The first-order valence-corrected chi connectivity index (χ1v) is 4.02. The zero-order valence-electron chi connectivity index (χ0n) is 4.74. The zero-order valence-corrected chi connectivity index (χ0v) is 5.74. The lowest BCUT2D eigenvalue weighted by Gasteiger charge is -1.95. The van der Waals surface area contributed by atoms with Crippen molar-refractivity contribution < 1.29 is 14.6 Å². The maximum absolute atomic E-state index is 9.98. The molecule has 0 aliphatic rings. The summed E-state index contributed by atoms with van der Waals surface area (Å²) in [6.07, 6.45) is -0.976. The standard InChI is InChI=1S/C4H8NO3P/c5-3-4(6)1-2-9(7)8/h4,6,9H,1-2H2,(H,7,8). The van der Waals surface area contributed by atoms with Crippen LogP contribution in [0.1, 0.15) is 6.42 Å². The lowest BCUT2D eigenvalue weighted by Crippen LogP contribution is -2.02. The van der Waals surface area contributed by atoms with Gasteiger partial charge in [0.2, 0.25) is 0 Å². The van der Waals surface area contributed by atoms with E-state index in [0.29, 0.717) is 0 Å². The lowest BCUT2D eigenvalue weighted by atomic mass is 10.3. The fraction of sp³-hybridized carbons (Fsp3) is 0.750. The van der Waals surface area contributed by atoms with Crippen LogP contribution in [0.4, 0.5) is 0 Å². The molecule has 9 heavy (non-hydrogen) atoms. The molecule has 0 aliphatic heterocycles. The van der Waals surface area contributed by atoms with E-state index in [0.717, 1.165) is 0 Å². The van der Waals surface area contributed by atoms with E-state index < -0.39 is 14.1 Å². The molecule has 0 saturated heterocycles. The second-order valence-corrected chi connectivity index (χ2v) is 2.86. The Kier molecular flexibility index (Phi) is 4.33. The van der Waals surface area contributed by atoms with Crippen molar-refractivity contribution in [1.82, 2.24) is 0 Å². The van der Waals surface area contributed by atoms with Crippen molar-refractivity contribution in [3.63, 3.8) is 0 Å². The fourth-order valence-electron chi connectivity index (χ4n) is 0.325. The molecule has 5 heteroatoms. The Labute approximate surface area is 53.6 Å². The van der Waals surface area contributed by atoms with Gasteiger partial charge in [0.25, 0.3) is 0 Å². The van der Waals surface area contributed by atoms with Crippen LogP contribution < -0.4 is 0 Å². The van der Waals surface area contributed by atoms with E-state index >= 15 is 0 Å². The van der Waals surface area contributed by atoms with Crippen molar-refractivity contribution in [2.75, 3.05) is 6.16 Å². The van der Waals surface area contributed by atoms with Gasteiger partial charge in [0.1, 0.15) is 6.10 Å². The molecule has 2 N–H and O–H groups in total. The number of nitrogens with zero attached hydrogens (tertiary/aromatic N) is 1. The van der Waals surface area contributed by atoms with Gasteiger partial charge in [-0.1, -0.05) is 0 Å². The summed E-state index contributed by atoms with van der Waals surface area (Å²) in [4.78, 5) is 8.22. The fourth-order valence-corrected chi connectivity index (χ4v) is 0.845. The molecule has 0 amide bonds. The molecule has 0 fully saturated rings. The minimum absolute atomic E-state index is 0.0272. The topological polar surface area (TPSA) is 81.3 Å². The third kappa shape index (κ3) is 5.51. The van der Waals surface area contributed by atoms with Gasteiger partial charge in [0.05, 0.1) is 6.07 Å². The first kappa shape index (κ1) is 8.64. The summed E-state index contributed by atoms with van der Waals surface area (Å²) in [5.74, 6) is 0. The SMILES string of the molecule is N#CC(O)CC[PH](=O)O. The predicted molar refractivity (Wildman–Crippen MR) is 32.3 cm³/mol. The normalized spacial score (nSPS) is 16.1. The van der Waals surface area contributed by atoms with E-state index in [4.69, 9.17) is 15.3 Å². The number of hydrogen-bond acceptors (Lipinski definition) is 3. The van der Waals surface area contributed by atoms with Crippen LogP contribution in [-0.2, 0) is 4.57 Å². The van der Waals surface area contributed by atoms with Gasteiger partial charge in [-0.15, -0.1) is 0 Å². The number of aliphatic hydroxyl groups is 1. The number of rotatable bonds is 3. The molecule has 0 bridgehead atoms. The molecule has 2 atom stereocenters. The van der Waals surface area contributed by atoms with Crippen molar-refractivity contribution in [2.45, 2.75) is 12.5 Å². The Bertz CT molecular complexity index is 141. The van der Waals surface area contributed by atoms with Crippen molar-refractivity contribution in [3.05, 3.63) is 0 Å². The average Bonchev–Trinajstić information content (AvgIpc) is 1.83. The van der Waals surface area contributed by atoms with Gasteiger partial charge in [-0.3, -0.25) is 4.57 Å². The van der Waals surface area contributed by atoms with E-state index in [1.54, 1.807) is 6.07 Å². The minimum atomic E-state index is -2.50. The summed E-state index contributed by atoms with van der Waals surface area (Å²) in [6, 6.07) is 1.54. The molecule has 0 aliphatic carbocycles. The van der Waals surface area contributed by atoms with Gasteiger partial charge >= 0.3 is 0 Å². The van der Waals surface area contributed by atoms with Crippen LogP contribution >= 0.6 is 8.03 Å². The molecule has 0 spiro atoms. The highest BCUT2D eigenvalue weighted by atomic mass is 31.1. The quantitative estimate of drug-likeness (QED) is 0.427. The summed E-state index contributed by atoms with van der Waals surface area (Å²) in [5.41, 5.74) is 0. The lowest BCUT2D eigenvalue weighted by molar-refractivity contribution is 0.226. The maximum atomic E-state index is 9.98. The number of hydrogen-bond donors (Lipinski definition) is 2. The Morgan fingerprint density at radius 2 is 2.33 bits per heavy atom. The Morgan fingerprint density at radius 1 is 1.78 bits per heavy atom. The first-order valence-electron chi connectivity index (χ1n) is 2.46. The third-order valence-corrected chi connectivity index (χ3v) is 1.50. The van der Waals surface area contributed by atoms with E-state index in [9.17, 15) is 4.57 Å². The molecule has 52 valence electrons. The van der Waals surface area contributed by atoms with Crippen LogP contribution in [0.25, 0.3) is 0 Å². The molecule has 0 saturated carbocycles. The highest BCUT2D eigenvalue weighted by Gasteiger charge is 2.01. The Hall–Kier alpha value is -0.360. The molecule has 2 unspecified atom stereocenters. The maximum Gasteiger partial charge on any atom is 0.189 e. The number of nitriles is 1. The summed E-state index contributed by atoms with van der Waals surface area (Å²) >= 11 is 0. The van der Waals surface area contributed by atoms with Gasteiger partial charge in [0, 0.05) is 6.16 Å².